The van der Waals surface area contributed by atoms with Crippen LogP contribution in [0.4, 0.5) is 0 Å². The summed E-state index contributed by atoms with van der Waals surface area (Å²) in [5, 5.41) is 9.24. The quantitative estimate of drug-likeness (QED) is 0.712. The topological polar surface area (TPSA) is 83.3 Å². The zero-order valence-electron chi connectivity index (χ0n) is 11.3. The normalized spacial score (nSPS) is 12.7. The molecule has 3 rings (SSSR count). The number of aromatic amines is 1. The fourth-order valence-corrected chi connectivity index (χ4v) is 2.74. The number of benzene rings is 1. The third-order valence-electron chi connectivity index (χ3n) is 2.90. The first kappa shape index (κ1) is 14.1. The SMILES string of the molecule is O=C(/C=c1/[nH]c(=O)/c(=C\c2ccc(O)cc2)s1)c1ccco1. The molecule has 0 saturated heterocycles. The number of furan rings is 1. The minimum Gasteiger partial charge on any atom is -0.508 e. The van der Waals surface area contributed by atoms with Gasteiger partial charge in [-0.1, -0.05) is 12.1 Å². The molecule has 0 saturated carbocycles. The molecule has 0 amide bonds. The van der Waals surface area contributed by atoms with Crippen LogP contribution in [0.5, 0.6) is 5.75 Å². The lowest BCUT2D eigenvalue weighted by atomic mass is 10.2. The van der Waals surface area contributed by atoms with Crippen molar-refractivity contribution in [3.05, 3.63) is 73.5 Å². The number of hydrogen-bond acceptors (Lipinski definition) is 5. The van der Waals surface area contributed by atoms with Gasteiger partial charge in [0.05, 0.1) is 15.5 Å². The molecule has 0 radical (unpaired) electrons. The summed E-state index contributed by atoms with van der Waals surface area (Å²) in [5.41, 5.74) is 0.519. The van der Waals surface area contributed by atoms with E-state index in [-0.39, 0.29) is 22.9 Å². The van der Waals surface area contributed by atoms with Gasteiger partial charge in [-0.15, -0.1) is 11.3 Å². The van der Waals surface area contributed by atoms with Gasteiger partial charge in [0.25, 0.3) is 5.56 Å². The fourth-order valence-electron chi connectivity index (χ4n) is 1.86. The minimum absolute atomic E-state index is 0.162. The van der Waals surface area contributed by atoms with Gasteiger partial charge in [-0.25, -0.2) is 0 Å². The average Bonchev–Trinajstić information content (AvgIpc) is 3.12. The molecule has 6 heteroatoms. The molecule has 2 heterocycles. The molecule has 0 unspecified atom stereocenters. The van der Waals surface area contributed by atoms with Gasteiger partial charge in [0.1, 0.15) is 5.75 Å². The molecule has 0 spiro atoms. The van der Waals surface area contributed by atoms with Gasteiger partial charge in [-0.2, -0.15) is 0 Å². The molecule has 2 N–H and O–H groups in total. The summed E-state index contributed by atoms with van der Waals surface area (Å²) in [5.74, 6) is 0.0762. The van der Waals surface area contributed by atoms with Gasteiger partial charge in [0, 0.05) is 6.08 Å². The number of ketones is 1. The van der Waals surface area contributed by atoms with Crippen LogP contribution in [0.25, 0.3) is 12.2 Å². The second-order valence-corrected chi connectivity index (χ2v) is 5.59. The molecule has 2 aromatic heterocycles. The van der Waals surface area contributed by atoms with Crippen LogP contribution in [-0.4, -0.2) is 15.9 Å². The fraction of sp³-hybridized carbons (Fsp3) is 0. The highest BCUT2D eigenvalue weighted by molar-refractivity contribution is 7.07. The van der Waals surface area contributed by atoms with Gasteiger partial charge in [0.2, 0.25) is 5.78 Å². The number of H-pyrrole nitrogens is 1. The van der Waals surface area contributed by atoms with Crippen molar-refractivity contribution >= 4 is 29.3 Å². The van der Waals surface area contributed by atoms with E-state index in [4.69, 9.17) is 4.42 Å². The van der Waals surface area contributed by atoms with E-state index >= 15 is 0 Å². The largest absolute Gasteiger partial charge is 0.508 e. The van der Waals surface area contributed by atoms with Gasteiger partial charge in [0.15, 0.2) is 5.76 Å². The number of rotatable bonds is 3. The smallest absolute Gasteiger partial charge is 0.266 e. The lowest BCUT2D eigenvalue weighted by Crippen LogP contribution is -2.19. The lowest BCUT2D eigenvalue weighted by molar-refractivity contribution is 0.103. The monoisotopic (exact) mass is 313 g/mol. The maximum atomic E-state index is 11.9. The third-order valence-corrected chi connectivity index (χ3v) is 3.86. The van der Waals surface area contributed by atoms with Crippen molar-refractivity contribution in [2.75, 3.05) is 0 Å². The summed E-state index contributed by atoms with van der Waals surface area (Å²) in [6.07, 6.45) is 4.44. The Balaban J connectivity index is 1.99. The van der Waals surface area contributed by atoms with E-state index in [1.165, 1.54) is 23.7 Å². The van der Waals surface area contributed by atoms with Crippen LogP contribution in [0, 0.1) is 0 Å². The number of thiazole rings is 1. The lowest BCUT2D eigenvalue weighted by Gasteiger charge is -1.91. The number of aromatic nitrogens is 1. The van der Waals surface area contributed by atoms with Crippen molar-refractivity contribution < 1.29 is 14.3 Å². The summed E-state index contributed by atoms with van der Waals surface area (Å²) in [4.78, 5) is 26.4. The number of phenols is 1. The molecule has 0 aliphatic rings. The number of nitrogens with one attached hydrogen (secondary N) is 1. The summed E-state index contributed by atoms with van der Waals surface area (Å²) in [6.45, 7) is 0. The second kappa shape index (κ2) is 5.87. The average molecular weight is 313 g/mol. The molecular formula is C16H11NO4S. The number of hydrogen-bond donors (Lipinski definition) is 2. The summed E-state index contributed by atoms with van der Waals surface area (Å²) in [7, 11) is 0. The summed E-state index contributed by atoms with van der Waals surface area (Å²) >= 11 is 1.18. The highest BCUT2D eigenvalue weighted by Crippen LogP contribution is 2.09. The Morgan fingerprint density at radius 3 is 2.68 bits per heavy atom. The number of Topliss-reactive ketones (excluding diaryl/α,β-unsaturated/α-hetero) is 1. The van der Waals surface area contributed by atoms with Gasteiger partial charge in [-0.05, 0) is 35.9 Å². The van der Waals surface area contributed by atoms with E-state index < -0.39 is 0 Å². The van der Waals surface area contributed by atoms with Crippen LogP contribution in [0.15, 0.2) is 51.9 Å². The summed E-state index contributed by atoms with van der Waals surface area (Å²) < 4.78 is 5.94. The number of aromatic hydroxyl groups is 1. The summed E-state index contributed by atoms with van der Waals surface area (Å²) in [6, 6.07) is 9.68. The van der Waals surface area contributed by atoms with E-state index in [1.807, 2.05) is 0 Å². The molecule has 0 aliphatic heterocycles. The maximum Gasteiger partial charge on any atom is 0.266 e. The van der Waals surface area contributed by atoms with E-state index in [0.717, 1.165) is 5.56 Å². The molecule has 22 heavy (non-hydrogen) atoms. The van der Waals surface area contributed by atoms with Crippen LogP contribution >= 0.6 is 11.3 Å². The molecule has 0 atom stereocenters. The van der Waals surface area contributed by atoms with Crippen LogP contribution < -0.4 is 14.8 Å². The molecule has 110 valence electrons. The first-order valence-electron chi connectivity index (χ1n) is 6.41. The first-order valence-corrected chi connectivity index (χ1v) is 7.23. The van der Waals surface area contributed by atoms with E-state index in [1.54, 1.807) is 42.5 Å². The van der Waals surface area contributed by atoms with Crippen LogP contribution in [0.1, 0.15) is 16.1 Å². The van der Waals surface area contributed by atoms with E-state index in [2.05, 4.69) is 4.98 Å². The molecule has 0 fully saturated rings. The first-order chi connectivity index (χ1) is 10.6. The Morgan fingerprint density at radius 1 is 1.23 bits per heavy atom. The Morgan fingerprint density at radius 2 is 2.00 bits per heavy atom. The molecule has 5 nitrogen and oxygen atoms in total. The zero-order chi connectivity index (χ0) is 15.5. The molecule has 0 aliphatic carbocycles. The van der Waals surface area contributed by atoms with E-state index in [9.17, 15) is 14.7 Å². The van der Waals surface area contributed by atoms with Crippen molar-refractivity contribution in [3.8, 4) is 5.75 Å². The van der Waals surface area contributed by atoms with Crippen LogP contribution in [-0.2, 0) is 0 Å². The Labute approximate surface area is 128 Å². The molecular weight excluding hydrogens is 302 g/mol. The van der Waals surface area contributed by atoms with Crippen molar-refractivity contribution in [1.82, 2.24) is 4.98 Å². The predicted molar refractivity (Wildman–Crippen MR) is 83.4 cm³/mol. The van der Waals surface area contributed by atoms with Crippen LogP contribution in [0.3, 0.4) is 0 Å². The standard InChI is InChI=1S/C16H11NO4S/c18-11-5-3-10(4-6-11)8-14-16(20)17-15(22-14)9-12(19)13-2-1-7-21-13/h1-9,18H,(H,17,20)/b14-8+,15-9-. The van der Waals surface area contributed by atoms with Gasteiger partial charge < -0.3 is 14.5 Å². The Hall–Kier alpha value is -2.86. The molecule has 1 aromatic carbocycles. The van der Waals surface area contributed by atoms with Crippen molar-refractivity contribution in [2.24, 2.45) is 0 Å². The van der Waals surface area contributed by atoms with Crippen molar-refractivity contribution in [1.29, 1.82) is 0 Å². The zero-order valence-corrected chi connectivity index (χ0v) is 12.1. The maximum absolute atomic E-state index is 11.9. The third kappa shape index (κ3) is 3.07. The molecule has 0 bridgehead atoms. The Kier molecular flexibility index (Phi) is 3.76. The number of carbonyl (C=O) groups excluding carboxylic acids is 1. The minimum atomic E-state index is -0.307. The van der Waals surface area contributed by atoms with Gasteiger partial charge >= 0.3 is 0 Å². The highest BCUT2D eigenvalue weighted by Gasteiger charge is 2.05. The van der Waals surface area contributed by atoms with E-state index in [0.29, 0.717) is 9.20 Å². The number of phenolic OH excluding ortho intramolecular Hbond substituents is 1. The molecule has 3 aromatic rings. The second-order valence-electron chi connectivity index (χ2n) is 4.51. The van der Waals surface area contributed by atoms with Crippen molar-refractivity contribution in [2.45, 2.75) is 0 Å². The van der Waals surface area contributed by atoms with Crippen LogP contribution in [0.2, 0.25) is 0 Å². The van der Waals surface area contributed by atoms with Crippen molar-refractivity contribution in [3.63, 3.8) is 0 Å². The predicted octanol–water partition coefficient (Wildman–Crippen LogP) is 1.23. The highest BCUT2D eigenvalue weighted by atomic mass is 32.1. The number of carbonyl (C=O) groups is 1. The Bertz CT molecular complexity index is 963. The van der Waals surface area contributed by atoms with Gasteiger partial charge in [-0.3, -0.25) is 9.59 Å².